The Kier molecular flexibility index (Phi) is 2.76. The van der Waals surface area contributed by atoms with Crippen molar-refractivity contribution in [2.24, 2.45) is 0 Å². The molecule has 0 radical (unpaired) electrons. The Bertz CT molecular complexity index is 298. The highest BCUT2D eigenvalue weighted by Gasteiger charge is 2.42. The van der Waals surface area contributed by atoms with Gasteiger partial charge in [-0.3, -0.25) is 4.90 Å². The molecule has 2 atom stereocenters. The van der Waals surface area contributed by atoms with E-state index in [4.69, 9.17) is 10.2 Å². The van der Waals surface area contributed by atoms with Gasteiger partial charge in [-0.1, -0.05) is 6.08 Å². The number of likely N-dealkylation sites (tertiary alicyclic amines) is 1. The molecule has 1 unspecified atom stereocenters. The summed E-state index contributed by atoms with van der Waals surface area (Å²) in [5.74, 6) is -1.27. The van der Waals surface area contributed by atoms with Gasteiger partial charge in [-0.2, -0.15) is 0 Å². The second kappa shape index (κ2) is 3.67. The molecule has 0 aromatic carbocycles. The van der Waals surface area contributed by atoms with Crippen LogP contribution >= 0.6 is 0 Å². The Balaban J connectivity index is 3.03. The fourth-order valence-corrected chi connectivity index (χ4v) is 1.57. The number of hydrogen-bond donors (Lipinski definition) is 3. The van der Waals surface area contributed by atoms with E-state index in [1.54, 1.807) is 6.92 Å². The van der Waals surface area contributed by atoms with Crippen molar-refractivity contribution in [1.29, 1.82) is 0 Å². The summed E-state index contributed by atoms with van der Waals surface area (Å²) >= 11 is 0. The highest BCUT2D eigenvalue weighted by Crippen LogP contribution is 2.24. The number of β-amino-alcohol motifs (C(OH)–C–C–N with tert-alkyl or cyclic N) is 1. The summed E-state index contributed by atoms with van der Waals surface area (Å²) in [4.78, 5) is 22.1. The summed E-state index contributed by atoms with van der Waals surface area (Å²) in [7, 11) is 0. The SMILES string of the molecule is C/C=C1/C(O)CN(C(=O)O)[C@@H]1C(=O)O. The number of carboxylic acid groups (broad SMARTS) is 2. The van der Waals surface area contributed by atoms with Crippen LogP contribution in [0.2, 0.25) is 0 Å². The molecule has 0 spiro atoms. The number of nitrogens with zero attached hydrogens (tertiary/aromatic N) is 1. The number of amides is 1. The van der Waals surface area contributed by atoms with Gasteiger partial charge in [-0.05, 0) is 12.5 Å². The minimum atomic E-state index is -1.34. The average Bonchev–Trinajstić information content (AvgIpc) is 2.42. The third-order valence-corrected chi connectivity index (χ3v) is 2.19. The molecule has 1 heterocycles. The predicted molar refractivity (Wildman–Crippen MR) is 45.9 cm³/mol. The number of rotatable bonds is 1. The summed E-state index contributed by atoms with van der Waals surface area (Å²) in [6, 6.07) is -1.26. The van der Waals surface area contributed by atoms with Gasteiger partial charge < -0.3 is 15.3 Å². The van der Waals surface area contributed by atoms with Crippen molar-refractivity contribution < 1.29 is 24.9 Å². The normalized spacial score (nSPS) is 29.6. The maximum absolute atomic E-state index is 10.8. The van der Waals surface area contributed by atoms with Gasteiger partial charge in [0.2, 0.25) is 0 Å². The zero-order chi connectivity index (χ0) is 10.9. The van der Waals surface area contributed by atoms with Crippen LogP contribution in [0.3, 0.4) is 0 Å². The van der Waals surface area contributed by atoms with Crippen molar-refractivity contribution in [2.45, 2.75) is 19.1 Å². The first-order valence-corrected chi connectivity index (χ1v) is 4.05. The molecule has 1 saturated heterocycles. The Hall–Kier alpha value is -1.56. The number of allylic oxidation sites excluding steroid dienone is 1. The van der Waals surface area contributed by atoms with Crippen LogP contribution in [0.5, 0.6) is 0 Å². The lowest BCUT2D eigenvalue weighted by molar-refractivity contribution is -0.140. The zero-order valence-corrected chi connectivity index (χ0v) is 7.54. The molecule has 0 saturated carbocycles. The van der Waals surface area contributed by atoms with Crippen molar-refractivity contribution >= 4 is 12.1 Å². The van der Waals surface area contributed by atoms with Crippen molar-refractivity contribution in [1.82, 2.24) is 4.90 Å². The minimum absolute atomic E-state index is 0.189. The molecule has 6 heteroatoms. The average molecular weight is 201 g/mol. The number of aliphatic hydroxyl groups excluding tert-OH is 1. The second-order valence-corrected chi connectivity index (χ2v) is 2.98. The van der Waals surface area contributed by atoms with E-state index in [2.05, 4.69) is 0 Å². The molecule has 14 heavy (non-hydrogen) atoms. The lowest BCUT2D eigenvalue weighted by Crippen LogP contribution is -2.40. The molecule has 1 fully saturated rings. The fourth-order valence-electron chi connectivity index (χ4n) is 1.57. The Labute approximate surface area is 80.1 Å². The van der Waals surface area contributed by atoms with E-state index < -0.39 is 24.2 Å². The van der Waals surface area contributed by atoms with Crippen LogP contribution in [0.25, 0.3) is 0 Å². The van der Waals surface area contributed by atoms with Crippen LogP contribution in [-0.2, 0) is 4.79 Å². The number of aliphatic hydroxyl groups is 1. The third kappa shape index (κ3) is 1.56. The standard InChI is InChI=1S/C8H11NO5/c1-2-4-5(10)3-9(8(13)14)6(4)7(11)12/h2,5-6,10H,3H2,1H3,(H,11,12)(H,13,14)/b4-2-/t5?,6-/m0/s1. The molecule has 78 valence electrons. The van der Waals surface area contributed by atoms with Crippen LogP contribution < -0.4 is 0 Å². The van der Waals surface area contributed by atoms with Crippen molar-refractivity contribution in [3.05, 3.63) is 11.6 Å². The molecule has 0 bridgehead atoms. The first-order valence-electron chi connectivity index (χ1n) is 4.05. The van der Waals surface area contributed by atoms with E-state index in [0.29, 0.717) is 4.90 Å². The van der Waals surface area contributed by atoms with Crippen LogP contribution in [0.15, 0.2) is 11.6 Å². The Morgan fingerprint density at radius 2 is 2.07 bits per heavy atom. The van der Waals surface area contributed by atoms with Gasteiger partial charge in [-0.15, -0.1) is 0 Å². The molecular formula is C8H11NO5. The molecule has 1 aliphatic heterocycles. The smallest absolute Gasteiger partial charge is 0.408 e. The van der Waals surface area contributed by atoms with Crippen molar-refractivity contribution in [3.8, 4) is 0 Å². The first kappa shape index (κ1) is 10.5. The summed E-state index contributed by atoms with van der Waals surface area (Å²) in [6.45, 7) is 1.38. The summed E-state index contributed by atoms with van der Waals surface area (Å²) in [5.41, 5.74) is 0.222. The van der Waals surface area contributed by atoms with Gasteiger partial charge in [0, 0.05) is 0 Å². The monoisotopic (exact) mass is 201 g/mol. The van der Waals surface area contributed by atoms with Gasteiger partial charge in [0.25, 0.3) is 0 Å². The summed E-state index contributed by atoms with van der Waals surface area (Å²) in [5, 5.41) is 26.9. The molecule has 1 aliphatic rings. The molecule has 6 nitrogen and oxygen atoms in total. The predicted octanol–water partition coefficient (Wildman–Crippen LogP) is -0.260. The van der Waals surface area contributed by atoms with Gasteiger partial charge in [0.15, 0.2) is 6.04 Å². The molecule has 0 aliphatic carbocycles. The highest BCUT2D eigenvalue weighted by molar-refractivity contribution is 5.84. The topological polar surface area (TPSA) is 98.1 Å². The Morgan fingerprint density at radius 1 is 1.50 bits per heavy atom. The lowest BCUT2D eigenvalue weighted by Gasteiger charge is -2.17. The quantitative estimate of drug-likeness (QED) is 0.508. The summed E-state index contributed by atoms with van der Waals surface area (Å²) < 4.78 is 0. The van der Waals surface area contributed by atoms with E-state index in [1.807, 2.05) is 0 Å². The van der Waals surface area contributed by atoms with Gasteiger partial charge >= 0.3 is 12.1 Å². The van der Waals surface area contributed by atoms with E-state index in [0.717, 1.165) is 0 Å². The highest BCUT2D eigenvalue weighted by atomic mass is 16.4. The van der Waals surface area contributed by atoms with Crippen molar-refractivity contribution in [2.75, 3.05) is 6.54 Å². The van der Waals surface area contributed by atoms with Crippen LogP contribution in [0.1, 0.15) is 6.92 Å². The molecular weight excluding hydrogens is 190 g/mol. The van der Waals surface area contributed by atoms with Gasteiger partial charge in [-0.25, -0.2) is 9.59 Å². The molecule has 1 amide bonds. The molecule has 0 aromatic heterocycles. The van der Waals surface area contributed by atoms with Crippen LogP contribution in [0.4, 0.5) is 4.79 Å². The number of hydrogen-bond acceptors (Lipinski definition) is 3. The molecule has 1 rings (SSSR count). The Morgan fingerprint density at radius 3 is 2.43 bits per heavy atom. The van der Waals surface area contributed by atoms with E-state index in [9.17, 15) is 14.7 Å². The maximum atomic E-state index is 10.8. The first-order chi connectivity index (χ1) is 6.49. The van der Waals surface area contributed by atoms with Crippen LogP contribution in [0, 0.1) is 0 Å². The largest absolute Gasteiger partial charge is 0.479 e. The van der Waals surface area contributed by atoms with E-state index in [1.165, 1.54) is 6.08 Å². The van der Waals surface area contributed by atoms with E-state index in [-0.39, 0.29) is 12.1 Å². The number of carbonyl (C=O) groups is 2. The molecule has 3 N–H and O–H groups in total. The van der Waals surface area contributed by atoms with Gasteiger partial charge in [0.05, 0.1) is 12.6 Å². The van der Waals surface area contributed by atoms with Crippen LogP contribution in [-0.4, -0.2) is 51.0 Å². The molecule has 0 aromatic rings. The maximum Gasteiger partial charge on any atom is 0.408 e. The lowest BCUT2D eigenvalue weighted by atomic mass is 10.1. The number of aliphatic carboxylic acids is 1. The van der Waals surface area contributed by atoms with Gasteiger partial charge in [0.1, 0.15) is 0 Å². The zero-order valence-electron chi connectivity index (χ0n) is 7.54. The summed E-state index contributed by atoms with van der Waals surface area (Å²) in [6.07, 6.45) is -0.919. The van der Waals surface area contributed by atoms with E-state index >= 15 is 0 Å². The number of carboxylic acids is 1. The minimum Gasteiger partial charge on any atom is -0.479 e. The second-order valence-electron chi connectivity index (χ2n) is 2.98. The van der Waals surface area contributed by atoms with Crippen molar-refractivity contribution in [3.63, 3.8) is 0 Å². The fraction of sp³-hybridized carbons (Fsp3) is 0.500. The third-order valence-electron chi connectivity index (χ3n) is 2.19.